The van der Waals surface area contributed by atoms with Crippen molar-refractivity contribution in [2.45, 2.75) is 13.3 Å². The van der Waals surface area contributed by atoms with Crippen LogP contribution in [0.1, 0.15) is 12.5 Å². The third-order valence-electron chi connectivity index (χ3n) is 2.28. The van der Waals surface area contributed by atoms with Gasteiger partial charge in [-0.2, -0.15) is 0 Å². The van der Waals surface area contributed by atoms with Crippen LogP contribution in [0.3, 0.4) is 0 Å². The van der Waals surface area contributed by atoms with Crippen LogP contribution in [-0.4, -0.2) is 15.3 Å². The highest BCUT2D eigenvalue weighted by Gasteiger charge is 2.07. The summed E-state index contributed by atoms with van der Waals surface area (Å²) in [5, 5.41) is 0.642. The number of halogens is 1. The average Bonchev–Trinajstić information content (AvgIpc) is 2.46. The number of aromatic nitrogens is 2. The molecule has 0 unspecified atom stereocenters. The molecule has 0 N–H and O–H groups in total. The van der Waals surface area contributed by atoms with E-state index in [4.69, 9.17) is 11.6 Å². The number of carbonyl (C=O) groups excluding carboxylic acids is 1. The Kier molecular flexibility index (Phi) is 2.49. The molecule has 3 nitrogen and oxygen atoms in total. The second kappa shape index (κ2) is 3.66. The molecule has 2 aromatic rings. The zero-order valence-electron chi connectivity index (χ0n) is 8.62. The van der Waals surface area contributed by atoms with Crippen molar-refractivity contribution in [3.63, 3.8) is 0 Å². The van der Waals surface area contributed by atoms with E-state index >= 15 is 0 Å². The van der Waals surface area contributed by atoms with Crippen LogP contribution in [0.25, 0.3) is 11.0 Å². The van der Waals surface area contributed by atoms with Gasteiger partial charge in [0.2, 0.25) is 0 Å². The third kappa shape index (κ3) is 1.88. The van der Waals surface area contributed by atoms with Gasteiger partial charge in [0, 0.05) is 13.5 Å². The molecular formula is C11H11ClN2O. The molecule has 0 atom stereocenters. The molecular weight excluding hydrogens is 212 g/mol. The van der Waals surface area contributed by atoms with Crippen LogP contribution < -0.4 is 0 Å². The predicted molar refractivity (Wildman–Crippen MR) is 60.1 cm³/mol. The molecule has 0 spiro atoms. The number of nitrogens with zero attached hydrogens (tertiary/aromatic N) is 2. The number of imidazole rings is 1. The van der Waals surface area contributed by atoms with Gasteiger partial charge in [0.05, 0.1) is 22.4 Å². The van der Waals surface area contributed by atoms with Crippen LogP contribution in [0, 0.1) is 0 Å². The molecule has 0 aliphatic heterocycles. The maximum atomic E-state index is 11.0. The maximum absolute atomic E-state index is 11.0. The minimum Gasteiger partial charge on any atom is -0.333 e. The minimum absolute atomic E-state index is 0.126. The highest BCUT2D eigenvalue weighted by atomic mass is 35.5. The molecule has 0 saturated carbocycles. The zero-order valence-corrected chi connectivity index (χ0v) is 9.38. The van der Waals surface area contributed by atoms with Crippen molar-refractivity contribution in [2.75, 3.05) is 0 Å². The monoisotopic (exact) mass is 222 g/mol. The molecule has 0 saturated heterocycles. The van der Waals surface area contributed by atoms with E-state index in [9.17, 15) is 4.79 Å². The van der Waals surface area contributed by atoms with E-state index in [2.05, 4.69) is 4.98 Å². The van der Waals surface area contributed by atoms with Crippen LogP contribution in [0.4, 0.5) is 0 Å². The smallest absolute Gasteiger partial charge is 0.134 e. The van der Waals surface area contributed by atoms with Gasteiger partial charge in [0.1, 0.15) is 5.78 Å². The van der Waals surface area contributed by atoms with Gasteiger partial charge in [-0.15, -0.1) is 0 Å². The Bertz CT molecular complexity index is 531. The summed E-state index contributed by atoms with van der Waals surface area (Å²) in [6.45, 7) is 1.57. The van der Waals surface area contributed by atoms with E-state index in [1.807, 2.05) is 23.7 Å². The Balaban J connectivity index is 2.58. The lowest BCUT2D eigenvalue weighted by atomic mass is 10.1. The first-order valence-corrected chi connectivity index (χ1v) is 5.04. The first-order valence-electron chi connectivity index (χ1n) is 4.67. The molecule has 15 heavy (non-hydrogen) atoms. The first-order chi connectivity index (χ1) is 7.08. The molecule has 1 aromatic heterocycles. The topological polar surface area (TPSA) is 34.9 Å². The van der Waals surface area contributed by atoms with Crippen molar-refractivity contribution >= 4 is 28.4 Å². The van der Waals surface area contributed by atoms with E-state index in [0.717, 1.165) is 16.6 Å². The molecule has 0 radical (unpaired) electrons. The standard InChI is InChI=1S/C11H11ClN2O/c1-7(15)3-8-4-9(12)11-10(5-8)13-6-14(11)2/h4-6H,3H2,1-2H3. The van der Waals surface area contributed by atoms with Crippen LogP contribution in [-0.2, 0) is 18.3 Å². The molecule has 4 heteroatoms. The Hall–Kier alpha value is -1.35. The van der Waals surface area contributed by atoms with Crippen molar-refractivity contribution < 1.29 is 4.79 Å². The molecule has 1 aromatic carbocycles. The number of Topliss-reactive ketones (excluding diaryl/α,β-unsaturated/α-hetero) is 1. The molecule has 0 aliphatic carbocycles. The number of fused-ring (bicyclic) bond motifs is 1. The fourth-order valence-corrected chi connectivity index (χ4v) is 2.05. The van der Waals surface area contributed by atoms with E-state index in [1.54, 1.807) is 13.3 Å². The van der Waals surface area contributed by atoms with Gasteiger partial charge < -0.3 is 4.57 Å². The van der Waals surface area contributed by atoms with Crippen molar-refractivity contribution in [1.29, 1.82) is 0 Å². The summed E-state index contributed by atoms with van der Waals surface area (Å²) in [7, 11) is 1.89. The Morgan fingerprint density at radius 2 is 2.27 bits per heavy atom. The molecule has 1 heterocycles. The van der Waals surface area contributed by atoms with E-state index < -0.39 is 0 Å². The largest absolute Gasteiger partial charge is 0.333 e. The number of carbonyl (C=O) groups is 1. The van der Waals surface area contributed by atoms with Gasteiger partial charge in [-0.05, 0) is 24.6 Å². The third-order valence-corrected chi connectivity index (χ3v) is 2.57. The lowest BCUT2D eigenvalue weighted by Crippen LogP contribution is -1.96. The lowest BCUT2D eigenvalue weighted by Gasteiger charge is -2.02. The number of rotatable bonds is 2. The zero-order chi connectivity index (χ0) is 11.0. The lowest BCUT2D eigenvalue weighted by molar-refractivity contribution is -0.116. The van der Waals surface area contributed by atoms with E-state index in [1.165, 1.54) is 0 Å². The Morgan fingerprint density at radius 3 is 2.93 bits per heavy atom. The number of hydrogen-bond donors (Lipinski definition) is 0. The molecule has 0 aliphatic rings. The van der Waals surface area contributed by atoms with Gasteiger partial charge in [-0.1, -0.05) is 11.6 Å². The number of hydrogen-bond acceptors (Lipinski definition) is 2. The SMILES string of the molecule is CC(=O)Cc1cc(Cl)c2c(c1)ncn2C. The van der Waals surface area contributed by atoms with Crippen LogP contribution >= 0.6 is 11.6 Å². The number of aryl methyl sites for hydroxylation is 1. The van der Waals surface area contributed by atoms with Gasteiger partial charge in [-0.25, -0.2) is 4.98 Å². The highest BCUT2D eigenvalue weighted by Crippen LogP contribution is 2.24. The second-order valence-corrected chi connectivity index (χ2v) is 4.09. The van der Waals surface area contributed by atoms with Gasteiger partial charge >= 0.3 is 0 Å². The summed E-state index contributed by atoms with van der Waals surface area (Å²) in [4.78, 5) is 15.2. The van der Waals surface area contributed by atoms with Gasteiger partial charge in [0.15, 0.2) is 0 Å². The summed E-state index contributed by atoms with van der Waals surface area (Å²) < 4.78 is 1.87. The van der Waals surface area contributed by atoms with Crippen molar-refractivity contribution in [3.8, 4) is 0 Å². The maximum Gasteiger partial charge on any atom is 0.134 e. The normalized spacial score (nSPS) is 10.9. The summed E-state index contributed by atoms with van der Waals surface area (Å²) in [5.74, 6) is 0.126. The Morgan fingerprint density at radius 1 is 1.53 bits per heavy atom. The summed E-state index contributed by atoms with van der Waals surface area (Å²) >= 11 is 6.12. The fourth-order valence-electron chi connectivity index (χ4n) is 1.68. The highest BCUT2D eigenvalue weighted by molar-refractivity contribution is 6.35. The van der Waals surface area contributed by atoms with Crippen molar-refractivity contribution in [3.05, 3.63) is 29.0 Å². The summed E-state index contributed by atoms with van der Waals surface area (Å²) in [6.07, 6.45) is 2.13. The fraction of sp³-hybridized carbons (Fsp3) is 0.273. The van der Waals surface area contributed by atoms with Gasteiger partial charge in [0.25, 0.3) is 0 Å². The van der Waals surface area contributed by atoms with Crippen LogP contribution in [0.5, 0.6) is 0 Å². The van der Waals surface area contributed by atoms with Crippen LogP contribution in [0.2, 0.25) is 5.02 Å². The number of benzene rings is 1. The molecule has 0 fully saturated rings. The van der Waals surface area contributed by atoms with Crippen molar-refractivity contribution in [1.82, 2.24) is 9.55 Å². The molecule has 78 valence electrons. The minimum atomic E-state index is 0.126. The predicted octanol–water partition coefficient (Wildman–Crippen LogP) is 2.36. The summed E-state index contributed by atoms with van der Waals surface area (Å²) in [6, 6.07) is 3.73. The van der Waals surface area contributed by atoms with Crippen molar-refractivity contribution in [2.24, 2.45) is 7.05 Å². The molecule has 0 amide bonds. The van der Waals surface area contributed by atoms with E-state index in [0.29, 0.717) is 11.4 Å². The quantitative estimate of drug-likeness (QED) is 0.782. The molecule has 2 rings (SSSR count). The second-order valence-electron chi connectivity index (χ2n) is 3.68. The summed E-state index contributed by atoms with van der Waals surface area (Å²) in [5.41, 5.74) is 2.66. The molecule has 0 bridgehead atoms. The first kappa shape index (κ1) is 10.2. The Labute approximate surface area is 92.7 Å². The van der Waals surface area contributed by atoms with Gasteiger partial charge in [-0.3, -0.25) is 4.79 Å². The number of ketones is 1. The van der Waals surface area contributed by atoms with Crippen LogP contribution in [0.15, 0.2) is 18.5 Å². The average molecular weight is 223 g/mol. The van der Waals surface area contributed by atoms with E-state index in [-0.39, 0.29) is 5.78 Å².